The van der Waals surface area contributed by atoms with Gasteiger partial charge in [-0.2, -0.15) is 0 Å². The smallest absolute Gasteiger partial charge is 0.126 e. The van der Waals surface area contributed by atoms with Crippen molar-refractivity contribution >= 4 is 0 Å². The molecule has 1 aliphatic heterocycles. The van der Waals surface area contributed by atoms with E-state index in [4.69, 9.17) is 4.74 Å². The average Bonchev–Trinajstić information content (AvgIpc) is 2.33. The summed E-state index contributed by atoms with van der Waals surface area (Å²) in [7, 11) is 0. The van der Waals surface area contributed by atoms with E-state index in [0.717, 1.165) is 18.4 Å². The third-order valence-electron chi connectivity index (χ3n) is 2.76. The fourth-order valence-electron chi connectivity index (χ4n) is 1.83. The lowest BCUT2D eigenvalue weighted by atomic mass is 9.98. The van der Waals surface area contributed by atoms with Crippen molar-refractivity contribution in [2.45, 2.75) is 25.4 Å². The van der Waals surface area contributed by atoms with Crippen molar-refractivity contribution in [3.05, 3.63) is 47.5 Å². The van der Waals surface area contributed by atoms with Crippen LogP contribution in [0, 0.1) is 5.82 Å². The van der Waals surface area contributed by atoms with Crippen LogP contribution in [0.2, 0.25) is 0 Å². The second kappa shape index (κ2) is 5.12. The average molecular weight is 222 g/mol. The van der Waals surface area contributed by atoms with Crippen LogP contribution >= 0.6 is 0 Å². The van der Waals surface area contributed by atoms with E-state index >= 15 is 0 Å². The molecule has 0 aromatic heterocycles. The highest BCUT2D eigenvalue weighted by atomic mass is 19.1. The number of benzene rings is 1. The van der Waals surface area contributed by atoms with Crippen molar-refractivity contribution < 1.29 is 14.2 Å². The van der Waals surface area contributed by atoms with E-state index < -0.39 is 6.10 Å². The molecule has 1 heterocycles. The van der Waals surface area contributed by atoms with Crippen LogP contribution in [0.15, 0.2) is 36.1 Å². The Bertz CT molecular complexity index is 387. The van der Waals surface area contributed by atoms with Crippen molar-refractivity contribution in [3.63, 3.8) is 0 Å². The molecule has 1 aromatic rings. The Kier molecular flexibility index (Phi) is 3.57. The second-order valence-corrected chi connectivity index (χ2v) is 3.98. The summed E-state index contributed by atoms with van der Waals surface area (Å²) in [6.45, 7) is 0.704. The number of aliphatic hydroxyl groups is 1. The number of halogens is 1. The summed E-state index contributed by atoms with van der Waals surface area (Å²) in [6.07, 6.45) is 3.02. The molecule has 1 N–H and O–H groups in total. The van der Waals surface area contributed by atoms with E-state index in [1.807, 2.05) is 0 Å². The Labute approximate surface area is 94.4 Å². The van der Waals surface area contributed by atoms with Crippen molar-refractivity contribution in [2.75, 3.05) is 6.61 Å². The Morgan fingerprint density at radius 2 is 2.19 bits per heavy atom. The highest BCUT2D eigenvalue weighted by Crippen LogP contribution is 2.19. The molecular weight excluding hydrogens is 207 g/mol. The lowest BCUT2D eigenvalue weighted by molar-refractivity contribution is 0.168. The normalized spacial score (nSPS) is 17.5. The van der Waals surface area contributed by atoms with Crippen LogP contribution in [0.1, 0.15) is 18.4 Å². The fraction of sp³-hybridized carbons (Fsp3) is 0.385. The third-order valence-corrected chi connectivity index (χ3v) is 2.76. The van der Waals surface area contributed by atoms with Crippen LogP contribution < -0.4 is 0 Å². The Morgan fingerprint density at radius 3 is 2.88 bits per heavy atom. The van der Waals surface area contributed by atoms with Gasteiger partial charge in [0.05, 0.1) is 19.0 Å². The van der Waals surface area contributed by atoms with Gasteiger partial charge in [-0.1, -0.05) is 18.2 Å². The topological polar surface area (TPSA) is 29.5 Å². The Hall–Kier alpha value is -1.35. The summed E-state index contributed by atoms with van der Waals surface area (Å²) >= 11 is 0. The third kappa shape index (κ3) is 2.61. The molecule has 0 fully saturated rings. The Balaban J connectivity index is 2.04. The molecule has 2 rings (SSSR count). The highest BCUT2D eigenvalue weighted by molar-refractivity contribution is 5.21. The number of aliphatic hydroxyl groups excluding tert-OH is 1. The highest BCUT2D eigenvalue weighted by Gasteiger charge is 2.16. The zero-order chi connectivity index (χ0) is 11.4. The molecule has 0 spiro atoms. The fourth-order valence-corrected chi connectivity index (χ4v) is 1.83. The second-order valence-electron chi connectivity index (χ2n) is 3.98. The van der Waals surface area contributed by atoms with Crippen LogP contribution in [0.3, 0.4) is 0 Å². The number of hydrogen-bond donors (Lipinski definition) is 1. The van der Waals surface area contributed by atoms with Gasteiger partial charge in [-0.05, 0) is 30.0 Å². The summed E-state index contributed by atoms with van der Waals surface area (Å²) in [4.78, 5) is 0. The number of hydrogen-bond acceptors (Lipinski definition) is 2. The first-order valence-electron chi connectivity index (χ1n) is 5.49. The molecule has 0 bridgehead atoms. The maximum atomic E-state index is 13.4. The maximum Gasteiger partial charge on any atom is 0.126 e. The van der Waals surface area contributed by atoms with Gasteiger partial charge in [0.1, 0.15) is 5.82 Å². The minimum absolute atomic E-state index is 0.265. The van der Waals surface area contributed by atoms with Crippen molar-refractivity contribution in [1.29, 1.82) is 0 Å². The summed E-state index contributed by atoms with van der Waals surface area (Å²) in [6, 6.07) is 6.53. The minimum Gasteiger partial charge on any atom is -0.501 e. The number of ether oxygens (including phenoxy) is 1. The first kappa shape index (κ1) is 11.1. The van der Waals surface area contributed by atoms with E-state index in [9.17, 15) is 9.50 Å². The molecule has 86 valence electrons. The van der Waals surface area contributed by atoms with Gasteiger partial charge in [-0.15, -0.1) is 0 Å². The first-order chi connectivity index (χ1) is 7.77. The molecule has 1 atom stereocenters. The summed E-state index contributed by atoms with van der Waals surface area (Å²) in [5, 5.41) is 9.94. The molecule has 0 amide bonds. The van der Waals surface area contributed by atoms with E-state index in [-0.39, 0.29) is 5.82 Å². The van der Waals surface area contributed by atoms with E-state index in [1.165, 1.54) is 6.07 Å². The van der Waals surface area contributed by atoms with Crippen LogP contribution in [0.5, 0.6) is 0 Å². The first-order valence-corrected chi connectivity index (χ1v) is 5.49. The van der Waals surface area contributed by atoms with Gasteiger partial charge in [-0.3, -0.25) is 0 Å². The molecule has 1 unspecified atom stereocenters. The SMILES string of the molecule is OC(Cc1ccccc1F)C1=COCCC1. The lowest BCUT2D eigenvalue weighted by Crippen LogP contribution is -2.17. The standard InChI is InChI=1S/C13H15FO2/c14-12-6-2-1-4-10(12)8-13(15)11-5-3-7-16-9-11/h1-2,4,6,9,13,15H,3,5,7-8H2. The maximum absolute atomic E-state index is 13.4. The quantitative estimate of drug-likeness (QED) is 0.851. The predicted octanol–water partition coefficient (Wildman–Crippen LogP) is 2.42. The number of rotatable bonds is 3. The van der Waals surface area contributed by atoms with E-state index in [2.05, 4.69) is 0 Å². The van der Waals surface area contributed by atoms with Crippen molar-refractivity contribution in [2.24, 2.45) is 0 Å². The molecule has 16 heavy (non-hydrogen) atoms. The van der Waals surface area contributed by atoms with Gasteiger partial charge in [0, 0.05) is 6.42 Å². The monoisotopic (exact) mass is 222 g/mol. The molecule has 2 nitrogen and oxygen atoms in total. The zero-order valence-electron chi connectivity index (χ0n) is 9.03. The van der Waals surface area contributed by atoms with Gasteiger partial charge in [0.25, 0.3) is 0 Å². The van der Waals surface area contributed by atoms with Crippen molar-refractivity contribution in [1.82, 2.24) is 0 Å². The largest absolute Gasteiger partial charge is 0.501 e. The predicted molar refractivity (Wildman–Crippen MR) is 59.4 cm³/mol. The molecule has 0 aliphatic carbocycles. The molecule has 1 aliphatic rings. The van der Waals surface area contributed by atoms with Gasteiger partial charge in [0.15, 0.2) is 0 Å². The van der Waals surface area contributed by atoms with Crippen LogP contribution in [0.4, 0.5) is 4.39 Å². The molecule has 0 radical (unpaired) electrons. The van der Waals surface area contributed by atoms with E-state index in [1.54, 1.807) is 24.5 Å². The zero-order valence-corrected chi connectivity index (χ0v) is 9.03. The molecule has 1 aromatic carbocycles. The summed E-state index contributed by atoms with van der Waals surface area (Å²) in [5.74, 6) is -0.265. The van der Waals surface area contributed by atoms with Gasteiger partial charge in [-0.25, -0.2) is 4.39 Å². The summed E-state index contributed by atoms with van der Waals surface area (Å²) in [5.41, 5.74) is 1.40. The molecular formula is C13H15FO2. The van der Waals surface area contributed by atoms with Crippen LogP contribution in [0.25, 0.3) is 0 Å². The molecule has 0 saturated heterocycles. The Morgan fingerprint density at radius 1 is 1.38 bits per heavy atom. The van der Waals surface area contributed by atoms with Gasteiger partial charge < -0.3 is 9.84 Å². The van der Waals surface area contributed by atoms with Gasteiger partial charge >= 0.3 is 0 Å². The van der Waals surface area contributed by atoms with Crippen LogP contribution in [-0.4, -0.2) is 17.8 Å². The minimum atomic E-state index is -0.641. The van der Waals surface area contributed by atoms with E-state index in [0.29, 0.717) is 18.6 Å². The molecule has 3 heteroatoms. The van der Waals surface area contributed by atoms with Crippen LogP contribution in [-0.2, 0) is 11.2 Å². The lowest BCUT2D eigenvalue weighted by Gasteiger charge is -2.19. The summed E-state index contributed by atoms with van der Waals surface area (Å²) < 4.78 is 18.5. The molecule has 0 saturated carbocycles. The van der Waals surface area contributed by atoms with Crippen molar-refractivity contribution in [3.8, 4) is 0 Å². The van der Waals surface area contributed by atoms with Gasteiger partial charge in [0.2, 0.25) is 0 Å².